The summed E-state index contributed by atoms with van der Waals surface area (Å²) in [5.41, 5.74) is 5.36. The second-order valence-corrected chi connectivity index (χ2v) is 7.55. The lowest BCUT2D eigenvalue weighted by Crippen LogP contribution is -2.26. The maximum absolute atomic E-state index is 13.0. The maximum Gasteiger partial charge on any atom is 0.258 e. The van der Waals surface area contributed by atoms with Gasteiger partial charge < -0.3 is 4.90 Å². The average molecular weight is 385 g/mol. The van der Waals surface area contributed by atoms with Crippen molar-refractivity contribution < 1.29 is 4.79 Å². The lowest BCUT2D eigenvalue weighted by molar-refractivity contribution is 0.0993. The molecule has 132 valence electrons. The Bertz CT molecular complexity index is 1050. The van der Waals surface area contributed by atoms with Crippen LogP contribution in [-0.4, -0.2) is 17.9 Å². The van der Waals surface area contributed by atoms with E-state index < -0.39 is 0 Å². The fourth-order valence-corrected chi connectivity index (χ4v) is 4.12. The summed E-state index contributed by atoms with van der Waals surface area (Å²) >= 11 is 12.7. The number of aromatic nitrogens is 1. The molecule has 0 aliphatic heterocycles. The van der Waals surface area contributed by atoms with Gasteiger partial charge in [-0.3, -0.25) is 9.78 Å². The van der Waals surface area contributed by atoms with Crippen LogP contribution >= 0.6 is 23.2 Å². The number of halogens is 2. The number of anilines is 1. The fourth-order valence-electron chi connectivity index (χ4n) is 3.59. The first-order valence-electron chi connectivity index (χ1n) is 8.61. The average Bonchev–Trinajstić information content (AvgIpc) is 3.11. The zero-order valence-corrected chi connectivity index (χ0v) is 16.2. The molecule has 1 aromatic heterocycles. The number of benzene rings is 2. The summed E-state index contributed by atoms with van der Waals surface area (Å²) in [6.07, 6.45) is 3.01. The second kappa shape index (κ2) is 6.57. The van der Waals surface area contributed by atoms with E-state index in [1.165, 1.54) is 0 Å². The smallest absolute Gasteiger partial charge is 0.258 e. The van der Waals surface area contributed by atoms with Gasteiger partial charge in [-0.15, -0.1) is 0 Å². The molecule has 0 saturated carbocycles. The quantitative estimate of drug-likeness (QED) is 0.574. The van der Waals surface area contributed by atoms with Gasteiger partial charge in [0.05, 0.1) is 10.5 Å². The minimum Gasteiger partial charge on any atom is -0.311 e. The van der Waals surface area contributed by atoms with Crippen LogP contribution in [0.4, 0.5) is 5.69 Å². The third kappa shape index (κ3) is 2.85. The van der Waals surface area contributed by atoms with Crippen LogP contribution in [0.25, 0.3) is 10.9 Å². The Morgan fingerprint density at radius 1 is 1.12 bits per heavy atom. The molecule has 3 nitrogen and oxygen atoms in total. The van der Waals surface area contributed by atoms with Gasteiger partial charge in [0.25, 0.3) is 5.91 Å². The van der Waals surface area contributed by atoms with Crippen LogP contribution < -0.4 is 4.90 Å². The predicted molar refractivity (Wildman–Crippen MR) is 108 cm³/mol. The highest BCUT2D eigenvalue weighted by atomic mass is 35.5. The maximum atomic E-state index is 13.0. The van der Waals surface area contributed by atoms with E-state index in [4.69, 9.17) is 28.2 Å². The second-order valence-electron chi connectivity index (χ2n) is 6.73. The number of aryl methyl sites for hydroxylation is 2. The van der Waals surface area contributed by atoms with Crippen LogP contribution in [0.5, 0.6) is 0 Å². The molecule has 4 rings (SSSR count). The van der Waals surface area contributed by atoms with E-state index in [1.807, 2.05) is 37.3 Å². The molecule has 1 amide bonds. The van der Waals surface area contributed by atoms with E-state index in [-0.39, 0.29) is 5.91 Å². The highest BCUT2D eigenvalue weighted by Crippen LogP contribution is 2.34. The van der Waals surface area contributed by atoms with Gasteiger partial charge in [0.15, 0.2) is 0 Å². The molecule has 0 spiro atoms. The largest absolute Gasteiger partial charge is 0.311 e. The Morgan fingerprint density at radius 3 is 2.73 bits per heavy atom. The van der Waals surface area contributed by atoms with Gasteiger partial charge in [0, 0.05) is 34.4 Å². The lowest BCUT2D eigenvalue weighted by atomic mass is 10.1. The number of hydrogen-bond acceptors (Lipinski definition) is 2. The molecule has 5 heteroatoms. The molecule has 0 atom stereocenters. The third-order valence-corrected chi connectivity index (χ3v) is 5.69. The van der Waals surface area contributed by atoms with Crippen molar-refractivity contribution in [2.24, 2.45) is 0 Å². The molecular weight excluding hydrogens is 367 g/mol. The topological polar surface area (TPSA) is 33.2 Å². The summed E-state index contributed by atoms with van der Waals surface area (Å²) in [7, 11) is 1.76. The van der Waals surface area contributed by atoms with Gasteiger partial charge in [-0.1, -0.05) is 35.3 Å². The molecule has 0 fully saturated rings. The Kier molecular flexibility index (Phi) is 4.37. The molecule has 0 saturated heterocycles. The number of carbonyl (C=O) groups is 1. The van der Waals surface area contributed by atoms with Crippen LogP contribution in [-0.2, 0) is 12.8 Å². The number of pyridine rings is 1. The van der Waals surface area contributed by atoms with Crippen molar-refractivity contribution in [2.75, 3.05) is 11.9 Å². The molecule has 1 heterocycles. The summed E-state index contributed by atoms with van der Waals surface area (Å²) < 4.78 is 0. The van der Waals surface area contributed by atoms with Gasteiger partial charge in [0.1, 0.15) is 0 Å². The third-order valence-electron chi connectivity index (χ3n) is 5.03. The SMILES string of the molecule is Cc1ccc(Cl)cc1N(C)C(=O)c1ccc2c(Cl)c3c(nc2c1)CCC3. The van der Waals surface area contributed by atoms with Crippen molar-refractivity contribution in [3.63, 3.8) is 0 Å². The summed E-state index contributed by atoms with van der Waals surface area (Å²) in [5.74, 6) is -0.101. The molecule has 3 aromatic rings. The minimum absolute atomic E-state index is 0.101. The molecule has 0 radical (unpaired) electrons. The first-order valence-corrected chi connectivity index (χ1v) is 9.36. The van der Waals surface area contributed by atoms with Gasteiger partial charge in [-0.25, -0.2) is 0 Å². The Morgan fingerprint density at radius 2 is 1.92 bits per heavy atom. The Balaban J connectivity index is 1.75. The van der Waals surface area contributed by atoms with Crippen molar-refractivity contribution in [1.82, 2.24) is 4.98 Å². The van der Waals surface area contributed by atoms with Crippen LogP contribution in [0.15, 0.2) is 36.4 Å². The zero-order chi connectivity index (χ0) is 18.4. The Hall–Kier alpha value is -2.10. The molecule has 1 aliphatic carbocycles. The van der Waals surface area contributed by atoms with Crippen molar-refractivity contribution in [1.29, 1.82) is 0 Å². The number of amides is 1. The van der Waals surface area contributed by atoms with Gasteiger partial charge >= 0.3 is 0 Å². The molecule has 0 unspecified atom stereocenters. The Labute approximate surface area is 162 Å². The first kappa shape index (κ1) is 17.3. The summed E-state index contributed by atoms with van der Waals surface area (Å²) in [5, 5.41) is 2.29. The van der Waals surface area contributed by atoms with Crippen LogP contribution in [0.1, 0.15) is 33.6 Å². The minimum atomic E-state index is -0.101. The zero-order valence-electron chi connectivity index (χ0n) is 14.6. The summed E-state index contributed by atoms with van der Waals surface area (Å²) in [6, 6.07) is 11.1. The molecule has 2 aromatic carbocycles. The van der Waals surface area contributed by atoms with Crippen molar-refractivity contribution >= 4 is 45.7 Å². The number of nitrogens with zero attached hydrogens (tertiary/aromatic N) is 2. The summed E-state index contributed by atoms with van der Waals surface area (Å²) in [6.45, 7) is 1.96. The number of carbonyl (C=O) groups excluding carboxylic acids is 1. The van der Waals surface area contributed by atoms with Gasteiger partial charge in [0.2, 0.25) is 0 Å². The van der Waals surface area contributed by atoms with E-state index in [9.17, 15) is 4.79 Å². The van der Waals surface area contributed by atoms with Crippen LogP contribution in [0.2, 0.25) is 10.0 Å². The molecule has 1 aliphatic rings. The van der Waals surface area contributed by atoms with Crippen molar-refractivity contribution in [3.8, 4) is 0 Å². The normalized spacial score (nSPS) is 13.1. The van der Waals surface area contributed by atoms with Crippen LogP contribution in [0.3, 0.4) is 0 Å². The molecule has 0 bridgehead atoms. The van der Waals surface area contributed by atoms with E-state index >= 15 is 0 Å². The van der Waals surface area contributed by atoms with Crippen molar-refractivity contribution in [2.45, 2.75) is 26.2 Å². The molecule has 26 heavy (non-hydrogen) atoms. The summed E-state index contributed by atoms with van der Waals surface area (Å²) in [4.78, 5) is 19.4. The van der Waals surface area contributed by atoms with E-state index in [0.717, 1.165) is 57.7 Å². The highest BCUT2D eigenvalue weighted by molar-refractivity contribution is 6.36. The number of rotatable bonds is 2. The van der Waals surface area contributed by atoms with E-state index in [1.54, 1.807) is 18.0 Å². The monoisotopic (exact) mass is 384 g/mol. The van der Waals surface area contributed by atoms with Gasteiger partial charge in [-0.2, -0.15) is 0 Å². The number of fused-ring (bicyclic) bond motifs is 2. The van der Waals surface area contributed by atoms with E-state index in [2.05, 4.69) is 0 Å². The van der Waals surface area contributed by atoms with Crippen molar-refractivity contribution in [3.05, 3.63) is 68.8 Å². The molecular formula is C21H18Cl2N2O. The highest BCUT2D eigenvalue weighted by Gasteiger charge is 2.21. The standard InChI is InChI=1S/C21H18Cl2N2O/c1-12-6-8-14(22)11-19(12)25(2)21(26)13-7-9-16-18(10-13)24-17-5-3-4-15(17)20(16)23/h6-11H,3-5H2,1-2H3. The lowest BCUT2D eigenvalue weighted by Gasteiger charge is -2.20. The number of hydrogen-bond donors (Lipinski definition) is 0. The first-order chi connectivity index (χ1) is 12.5. The fraction of sp³-hybridized carbons (Fsp3) is 0.238. The van der Waals surface area contributed by atoms with Crippen LogP contribution in [0, 0.1) is 6.92 Å². The van der Waals surface area contributed by atoms with E-state index in [0.29, 0.717) is 10.6 Å². The van der Waals surface area contributed by atoms with Gasteiger partial charge in [-0.05, 0) is 61.6 Å². The molecule has 0 N–H and O–H groups in total. The predicted octanol–water partition coefficient (Wildman–Crippen LogP) is 5.62.